The van der Waals surface area contributed by atoms with Gasteiger partial charge >= 0.3 is 0 Å². The van der Waals surface area contributed by atoms with E-state index in [0.717, 1.165) is 35.2 Å². The fraction of sp³-hybridized carbons (Fsp3) is 0.455. The van der Waals surface area contributed by atoms with Crippen LogP contribution in [0.2, 0.25) is 0 Å². The van der Waals surface area contributed by atoms with Gasteiger partial charge in [0.05, 0.1) is 18.5 Å². The lowest BCUT2D eigenvalue weighted by molar-refractivity contribution is 0.310. The van der Waals surface area contributed by atoms with Gasteiger partial charge in [0, 0.05) is 11.4 Å². The standard InChI is InChI=1S/C22H28N4OS/c1-14-24-21(20-17-10-5-6-11-19(17)28-22(20)25-14)23-13-18(26(2)3)15-8-7-9-16(12-15)27-4/h7-9,12,18H,5-6,10-11,13H2,1-4H3,(H,23,24,25). The largest absolute Gasteiger partial charge is 0.497 e. The van der Waals surface area contributed by atoms with Gasteiger partial charge in [-0.15, -0.1) is 11.3 Å². The van der Waals surface area contributed by atoms with E-state index in [1.165, 1.54) is 40.7 Å². The maximum Gasteiger partial charge on any atom is 0.138 e. The first-order valence-electron chi connectivity index (χ1n) is 9.90. The second-order valence-electron chi connectivity index (χ2n) is 7.65. The van der Waals surface area contributed by atoms with E-state index in [-0.39, 0.29) is 6.04 Å². The van der Waals surface area contributed by atoms with E-state index < -0.39 is 0 Å². The van der Waals surface area contributed by atoms with E-state index in [0.29, 0.717) is 0 Å². The van der Waals surface area contributed by atoms with Crippen molar-refractivity contribution in [2.24, 2.45) is 0 Å². The fourth-order valence-electron chi connectivity index (χ4n) is 4.03. The summed E-state index contributed by atoms with van der Waals surface area (Å²) in [6.45, 7) is 2.76. The molecule has 2 aromatic heterocycles. The highest BCUT2D eigenvalue weighted by atomic mass is 32.1. The van der Waals surface area contributed by atoms with Crippen molar-refractivity contribution in [1.82, 2.24) is 14.9 Å². The molecule has 0 bridgehead atoms. The Morgan fingerprint density at radius 1 is 1.21 bits per heavy atom. The predicted molar refractivity (Wildman–Crippen MR) is 117 cm³/mol. The number of aryl methyl sites for hydroxylation is 3. The summed E-state index contributed by atoms with van der Waals surface area (Å²) in [5.74, 6) is 2.70. The number of thiophene rings is 1. The van der Waals surface area contributed by atoms with Crippen LogP contribution in [0.25, 0.3) is 10.2 Å². The zero-order valence-corrected chi connectivity index (χ0v) is 17.9. The van der Waals surface area contributed by atoms with Gasteiger partial charge in [0.25, 0.3) is 0 Å². The highest BCUT2D eigenvalue weighted by Crippen LogP contribution is 2.38. The van der Waals surface area contributed by atoms with Crippen LogP contribution in [0, 0.1) is 6.92 Å². The van der Waals surface area contributed by atoms with Crippen molar-refractivity contribution in [3.05, 3.63) is 46.1 Å². The van der Waals surface area contributed by atoms with Crippen LogP contribution >= 0.6 is 11.3 Å². The third-order valence-corrected chi connectivity index (χ3v) is 6.68. The summed E-state index contributed by atoms with van der Waals surface area (Å²) in [4.78, 5) is 14.4. The van der Waals surface area contributed by atoms with Crippen LogP contribution < -0.4 is 10.1 Å². The van der Waals surface area contributed by atoms with Gasteiger partial charge in [-0.25, -0.2) is 9.97 Å². The number of aromatic nitrogens is 2. The van der Waals surface area contributed by atoms with Crippen LogP contribution in [0.3, 0.4) is 0 Å². The Hall–Kier alpha value is -2.18. The SMILES string of the molecule is COc1cccc(C(CNc2nc(C)nc3sc4c(c23)CCCC4)N(C)C)c1. The third kappa shape index (κ3) is 3.71. The van der Waals surface area contributed by atoms with Crippen molar-refractivity contribution in [2.45, 2.75) is 38.6 Å². The Bertz CT molecular complexity index is 982. The second kappa shape index (κ2) is 8.05. The first kappa shape index (κ1) is 19.2. The Morgan fingerprint density at radius 2 is 2.04 bits per heavy atom. The molecule has 0 radical (unpaired) electrons. The Morgan fingerprint density at radius 3 is 2.82 bits per heavy atom. The number of benzene rings is 1. The highest BCUT2D eigenvalue weighted by molar-refractivity contribution is 7.19. The number of nitrogens with zero attached hydrogens (tertiary/aromatic N) is 3. The topological polar surface area (TPSA) is 50.3 Å². The summed E-state index contributed by atoms with van der Waals surface area (Å²) in [6.07, 6.45) is 4.87. The maximum atomic E-state index is 5.41. The molecule has 0 aliphatic heterocycles. The number of nitrogens with one attached hydrogen (secondary N) is 1. The van der Waals surface area contributed by atoms with Crippen molar-refractivity contribution in [3.63, 3.8) is 0 Å². The van der Waals surface area contributed by atoms with E-state index in [9.17, 15) is 0 Å². The minimum absolute atomic E-state index is 0.217. The summed E-state index contributed by atoms with van der Waals surface area (Å²) < 4.78 is 5.41. The van der Waals surface area contributed by atoms with E-state index in [1.54, 1.807) is 7.11 Å². The summed E-state index contributed by atoms with van der Waals surface area (Å²) >= 11 is 1.85. The molecule has 0 saturated heterocycles. The number of likely N-dealkylation sites (N-methyl/N-ethyl adjacent to an activating group) is 1. The molecule has 0 fully saturated rings. The lowest BCUT2D eigenvalue weighted by atomic mass is 9.97. The molecule has 4 rings (SSSR count). The molecule has 0 spiro atoms. The van der Waals surface area contributed by atoms with Crippen LogP contribution in [0.5, 0.6) is 5.75 Å². The number of anilines is 1. The van der Waals surface area contributed by atoms with Crippen molar-refractivity contribution >= 4 is 27.4 Å². The quantitative estimate of drug-likeness (QED) is 0.660. The molecule has 5 nitrogen and oxygen atoms in total. The maximum absolute atomic E-state index is 5.41. The Kier molecular flexibility index (Phi) is 5.51. The number of rotatable bonds is 6. The monoisotopic (exact) mass is 396 g/mol. The van der Waals surface area contributed by atoms with Gasteiger partial charge in [-0.05, 0) is 70.0 Å². The number of ether oxygens (including phenoxy) is 1. The lowest BCUT2D eigenvalue weighted by Gasteiger charge is -2.26. The molecule has 1 N–H and O–H groups in total. The van der Waals surface area contributed by atoms with Crippen LogP contribution in [-0.4, -0.2) is 42.6 Å². The molecule has 28 heavy (non-hydrogen) atoms. The summed E-state index contributed by atoms with van der Waals surface area (Å²) in [5, 5.41) is 4.90. The molecule has 1 atom stereocenters. The molecule has 2 heterocycles. The van der Waals surface area contributed by atoms with Gasteiger partial charge < -0.3 is 15.0 Å². The van der Waals surface area contributed by atoms with Crippen LogP contribution in [0.15, 0.2) is 24.3 Å². The molecule has 3 aromatic rings. The number of fused-ring (bicyclic) bond motifs is 3. The van der Waals surface area contributed by atoms with E-state index >= 15 is 0 Å². The lowest BCUT2D eigenvalue weighted by Crippen LogP contribution is -2.27. The second-order valence-corrected chi connectivity index (χ2v) is 8.73. The Balaban J connectivity index is 1.66. The molecule has 0 amide bonds. The Labute approximate surface area is 170 Å². The minimum Gasteiger partial charge on any atom is -0.497 e. The van der Waals surface area contributed by atoms with Gasteiger partial charge in [0.15, 0.2) is 0 Å². The first-order chi connectivity index (χ1) is 13.6. The molecular weight excluding hydrogens is 368 g/mol. The number of methoxy groups -OCH3 is 1. The summed E-state index contributed by atoms with van der Waals surface area (Å²) in [7, 11) is 5.93. The average molecular weight is 397 g/mol. The molecule has 1 aliphatic rings. The van der Waals surface area contributed by atoms with Crippen LogP contribution in [0.1, 0.15) is 40.7 Å². The predicted octanol–water partition coefficient (Wildman–Crippen LogP) is 4.60. The van der Waals surface area contributed by atoms with Gasteiger partial charge in [-0.1, -0.05) is 12.1 Å². The molecule has 1 aromatic carbocycles. The van der Waals surface area contributed by atoms with Crippen molar-refractivity contribution < 1.29 is 4.74 Å². The van der Waals surface area contributed by atoms with Gasteiger partial charge in [0.1, 0.15) is 22.2 Å². The normalized spacial score (nSPS) is 14.9. The van der Waals surface area contributed by atoms with Gasteiger partial charge in [-0.2, -0.15) is 0 Å². The molecule has 148 valence electrons. The van der Waals surface area contributed by atoms with Gasteiger partial charge in [0.2, 0.25) is 0 Å². The smallest absolute Gasteiger partial charge is 0.138 e. The first-order valence-corrected chi connectivity index (χ1v) is 10.7. The summed E-state index contributed by atoms with van der Waals surface area (Å²) in [5.41, 5.74) is 2.70. The van der Waals surface area contributed by atoms with Crippen molar-refractivity contribution in [2.75, 3.05) is 33.1 Å². The molecule has 6 heteroatoms. The van der Waals surface area contributed by atoms with Crippen molar-refractivity contribution in [1.29, 1.82) is 0 Å². The van der Waals surface area contributed by atoms with E-state index in [2.05, 4.69) is 36.4 Å². The molecular formula is C22H28N4OS. The number of hydrogen-bond donors (Lipinski definition) is 1. The number of hydrogen-bond acceptors (Lipinski definition) is 6. The highest BCUT2D eigenvalue weighted by Gasteiger charge is 2.22. The average Bonchev–Trinajstić information content (AvgIpc) is 3.06. The van der Waals surface area contributed by atoms with Gasteiger partial charge in [-0.3, -0.25) is 0 Å². The van der Waals surface area contributed by atoms with Crippen LogP contribution in [0.4, 0.5) is 5.82 Å². The zero-order valence-electron chi connectivity index (χ0n) is 17.1. The van der Waals surface area contributed by atoms with Crippen molar-refractivity contribution in [3.8, 4) is 5.75 Å². The zero-order chi connectivity index (χ0) is 19.7. The van der Waals surface area contributed by atoms with E-state index in [4.69, 9.17) is 14.7 Å². The third-order valence-electron chi connectivity index (χ3n) is 5.49. The fourth-order valence-corrected chi connectivity index (χ4v) is 5.34. The molecule has 1 unspecified atom stereocenters. The molecule has 0 saturated carbocycles. The molecule has 1 aliphatic carbocycles. The van der Waals surface area contributed by atoms with Crippen LogP contribution in [-0.2, 0) is 12.8 Å². The summed E-state index contributed by atoms with van der Waals surface area (Å²) in [6, 6.07) is 8.52. The van der Waals surface area contributed by atoms with E-state index in [1.807, 2.05) is 30.4 Å². The minimum atomic E-state index is 0.217.